The molecule has 0 fully saturated rings. The van der Waals surface area contributed by atoms with Gasteiger partial charge in [0, 0.05) is 20.9 Å². The summed E-state index contributed by atoms with van der Waals surface area (Å²) >= 11 is 5.61. The fraction of sp³-hybridized carbons (Fsp3) is 0.600. The van der Waals surface area contributed by atoms with E-state index in [-0.39, 0.29) is 0 Å². The highest BCUT2D eigenvalue weighted by molar-refractivity contribution is 7.15. The predicted molar refractivity (Wildman–Crippen MR) is 154 cm³/mol. The highest BCUT2D eigenvalue weighted by Gasteiger charge is 2.13. The summed E-state index contributed by atoms with van der Waals surface area (Å²) in [6.07, 6.45) is 24.2. The molecule has 0 saturated heterocycles. The lowest BCUT2D eigenvalue weighted by Crippen LogP contribution is -1.87. The molecule has 0 atom stereocenters. The van der Waals surface area contributed by atoms with Crippen molar-refractivity contribution in [1.82, 2.24) is 0 Å². The molecule has 0 aliphatic carbocycles. The normalized spacial score (nSPS) is 11.4. The van der Waals surface area contributed by atoms with Gasteiger partial charge in [0.1, 0.15) is 0 Å². The smallest absolute Gasteiger partial charge is 0.0429 e. The Hall–Kier alpha value is -0.900. The zero-order valence-electron chi connectivity index (χ0n) is 20.8. The predicted octanol–water partition coefficient (Wildman–Crippen LogP) is 12.0. The third-order valence-electron chi connectivity index (χ3n) is 6.74. The number of hydrogen-bond donors (Lipinski definition) is 0. The minimum absolute atomic E-state index is 1.24. The van der Waals surface area contributed by atoms with Crippen molar-refractivity contribution in [3.63, 3.8) is 0 Å². The second-order valence-corrected chi connectivity index (χ2v) is 12.2. The topological polar surface area (TPSA) is 0 Å². The van der Waals surface area contributed by atoms with Gasteiger partial charge in [-0.05, 0) is 58.1 Å². The van der Waals surface area contributed by atoms with Gasteiger partial charge in [0.05, 0.1) is 0 Å². The van der Waals surface area contributed by atoms with E-state index in [1.54, 1.807) is 16.2 Å². The number of rotatable bonds is 19. The van der Waals surface area contributed by atoms with Crippen LogP contribution in [0.25, 0.3) is 21.6 Å². The molecular weight excluding hydrogens is 457 g/mol. The summed E-state index contributed by atoms with van der Waals surface area (Å²) in [6.45, 7) is 2.30. The average molecular weight is 501 g/mol. The van der Waals surface area contributed by atoms with E-state index in [4.69, 9.17) is 0 Å². The van der Waals surface area contributed by atoms with E-state index in [2.05, 4.69) is 46.6 Å². The van der Waals surface area contributed by atoms with Crippen LogP contribution in [-0.2, 0) is 6.42 Å². The number of hydrogen-bond acceptors (Lipinski definition) is 3. The van der Waals surface area contributed by atoms with Crippen LogP contribution in [0.2, 0.25) is 0 Å². The van der Waals surface area contributed by atoms with Crippen molar-refractivity contribution in [3.05, 3.63) is 44.6 Å². The Morgan fingerprint density at radius 2 is 1.09 bits per heavy atom. The van der Waals surface area contributed by atoms with Crippen molar-refractivity contribution in [2.24, 2.45) is 0 Å². The lowest BCUT2D eigenvalue weighted by Gasteiger charge is -2.06. The van der Waals surface area contributed by atoms with E-state index in [1.165, 1.54) is 131 Å². The molecule has 0 aliphatic rings. The molecule has 3 rings (SSSR count). The zero-order chi connectivity index (χ0) is 23.0. The number of unbranched alkanes of at least 4 members (excludes halogenated alkanes) is 15. The van der Waals surface area contributed by atoms with Crippen molar-refractivity contribution >= 4 is 34.0 Å². The quantitative estimate of drug-likeness (QED) is 0.144. The Balaban J connectivity index is 1.20. The average Bonchev–Trinajstić information content (AvgIpc) is 3.59. The van der Waals surface area contributed by atoms with Gasteiger partial charge in [0.2, 0.25) is 0 Å². The summed E-state index contributed by atoms with van der Waals surface area (Å²) in [7, 11) is 0. The van der Waals surface area contributed by atoms with Crippen LogP contribution in [0.3, 0.4) is 0 Å². The van der Waals surface area contributed by atoms with Crippen molar-refractivity contribution in [2.45, 2.75) is 116 Å². The van der Waals surface area contributed by atoms with Crippen LogP contribution >= 0.6 is 34.0 Å². The summed E-state index contributed by atoms with van der Waals surface area (Å²) in [6, 6.07) is 6.91. The lowest BCUT2D eigenvalue weighted by molar-refractivity contribution is 0.530. The van der Waals surface area contributed by atoms with Crippen LogP contribution in [-0.4, -0.2) is 0 Å². The molecule has 0 bridgehead atoms. The van der Waals surface area contributed by atoms with E-state index in [9.17, 15) is 0 Å². The SMILES string of the molecule is CCCCCCCCCCCCCCCCCCc1sccc1-c1ccsc1-c1ccsc1. The molecule has 0 unspecified atom stereocenters. The third kappa shape index (κ3) is 9.70. The van der Waals surface area contributed by atoms with Crippen molar-refractivity contribution in [3.8, 4) is 21.6 Å². The summed E-state index contributed by atoms with van der Waals surface area (Å²) in [5, 5.41) is 8.99. The Morgan fingerprint density at radius 1 is 0.545 bits per heavy atom. The van der Waals surface area contributed by atoms with Gasteiger partial charge >= 0.3 is 0 Å². The first kappa shape index (κ1) is 26.7. The minimum Gasteiger partial charge on any atom is -0.152 e. The molecular formula is C30H44S3. The molecule has 182 valence electrons. The third-order valence-corrected chi connectivity index (χ3v) is 9.37. The molecule has 0 spiro atoms. The summed E-state index contributed by atoms with van der Waals surface area (Å²) in [4.78, 5) is 3.01. The van der Waals surface area contributed by atoms with Crippen LogP contribution in [0.5, 0.6) is 0 Å². The largest absolute Gasteiger partial charge is 0.152 e. The molecule has 0 radical (unpaired) electrons. The van der Waals surface area contributed by atoms with Crippen LogP contribution in [0.4, 0.5) is 0 Å². The molecule has 0 aliphatic heterocycles. The van der Waals surface area contributed by atoms with E-state index in [0.29, 0.717) is 0 Å². The highest BCUT2D eigenvalue weighted by Crippen LogP contribution is 2.41. The molecule has 0 amide bonds. The van der Waals surface area contributed by atoms with E-state index in [0.717, 1.165) is 0 Å². The molecule has 33 heavy (non-hydrogen) atoms. The van der Waals surface area contributed by atoms with E-state index in [1.807, 2.05) is 22.7 Å². The van der Waals surface area contributed by atoms with Gasteiger partial charge in [-0.2, -0.15) is 11.3 Å². The van der Waals surface area contributed by atoms with Crippen LogP contribution in [0.1, 0.15) is 115 Å². The molecule has 0 aromatic carbocycles. The maximum absolute atomic E-state index is 2.34. The molecule has 3 aromatic rings. The molecule has 0 saturated carbocycles. The second-order valence-electron chi connectivity index (χ2n) is 9.49. The van der Waals surface area contributed by atoms with E-state index >= 15 is 0 Å². The molecule has 0 N–H and O–H groups in total. The van der Waals surface area contributed by atoms with Gasteiger partial charge in [-0.25, -0.2) is 0 Å². The summed E-state index contributed by atoms with van der Waals surface area (Å²) in [5.41, 5.74) is 4.29. The van der Waals surface area contributed by atoms with Gasteiger partial charge in [0.15, 0.2) is 0 Å². The maximum Gasteiger partial charge on any atom is 0.0429 e. The Morgan fingerprint density at radius 3 is 1.67 bits per heavy atom. The Kier molecular flexibility index (Phi) is 13.5. The zero-order valence-corrected chi connectivity index (χ0v) is 23.2. The summed E-state index contributed by atoms with van der Waals surface area (Å²) < 4.78 is 0. The summed E-state index contributed by atoms with van der Waals surface area (Å²) in [5.74, 6) is 0. The first-order chi connectivity index (χ1) is 16.4. The fourth-order valence-corrected chi connectivity index (χ4v) is 7.31. The van der Waals surface area contributed by atoms with Crippen molar-refractivity contribution in [2.75, 3.05) is 0 Å². The minimum atomic E-state index is 1.24. The number of aryl methyl sites for hydroxylation is 1. The molecule has 3 heteroatoms. The Bertz CT molecular complexity index is 840. The van der Waals surface area contributed by atoms with Gasteiger partial charge < -0.3 is 0 Å². The van der Waals surface area contributed by atoms with Gasteiger partial charge in [0.25, 0.3) is 0 Å². The lowest BCUT2D eigenvalue weighted by atomic mass is 10.0. The maximum atomic E-state index is 2.34. The van der Waals surface area contributed by atoms with Gasteiger partial charge in [-0.3, -0.25) is 0 Å². The molecule has 0 nitrogen and oxygen atoms in total. The van der Waals surface area contributed by atoms with Crippen LogP contribution in [0, 0.1) is 0 Å². The van der Waals surface area contributed by atoms with Gasteiger partial charge in [-0.15, -0.1) is 22.7 Å². The van der Waals surface area contributed by atoms with Crippen LogP contribution < -0.4 is 0 Å². The first-order valence-corrected chi connectivity index (χ1v) is 16.3. The highest BCUT2D eigenvalue weighted by atomic mass is 32.1. The number of thiophene rings is 3. The first-order valence-electron chi connectivity index (χ1n) is 13.6. The van der Waals surface area contributed by atoms with Crippen molar-refractivity contribution < 1.29 is 0 Å². The van der Waals surface area contributed by atoms with Gasteiger partial charge in [-0.1, -0.05) is 103 Å². The molecule has 3 heterocycles. The second kappa shape index (κ2) is 16.7. The van der Waals surface area contributed by atoms with E-state index < -0.39 is 0 Å². The van der Waals surface area contributed by atoms with Crippen LogP contribution in [0.15, 0.2) is 39.7 Å². The standard InChI is InChI=1S/C30H44S3/c1-2-3-4-5-6-7-8-9-10-11-12-13-14-15-16-17-18-29-27(20-23-32-29)28-21-24-33-30(28)26-19-22-31-25-26/h19-25H,2-18H2,1H3. The fourth-order valence-electron chi connectivity index (χ4n) is 4.75. The van der Waals surface area contributed by atoms with Crippen molar-refractivity contribution in [1.29, 1.82) is 0 Å². The monoisotopic (exact) mass is 500 g/mol. The molecule has 3 aromatic heterocycles. The Labute approximate surface area is 215 Å².